The summed E-state index contributed by atoms with van der Waals surface area (Å²) >= 11 is 0. The lowest BCUT2D eigenvalue weighted by atomic mass is 10.0. The van der Waals surface area contributed by atoms with Gasteiger partial charge in [0.05, 0.1) is 33.8 Å². The van der Waals surface area contributed by atoms with Crippen molar-refractivity contribution in [3.63, 3.8) is 0 Å². The second-order valence-corrected chi connectivity index (χ2v) is 24.4. The van der Waals surface area contributed by atoms with E-state index in [9.17, 15) is 19.0 Å². The standard InChI is InChI=1S/C67H123N2O7P/c1-7-10-13-16-19-22-25-27-29-31-32-33-34-35-36-38-39-41-44-47-50-53-56-59-66(70)68-64(63-75-77(72,73)74-62-61-69(4,5)6)65(58-55-52-49-46-43-24-21-18-15-12-9-3)76-67(71)60-57-54-51-48-45-42-40-37-30-28-26-23-20-17-14-11-8-2/h19-20,22-23,27-30,32-33,55,58,64-65H,7-18,21,24-26,31,34-54,56-57,59-63H2,1-6H3,(H-,68,70,72,73)/p+1/b22-19-,23-20-,29-27-,30-28-,33-32-,58-55-. The lowest BCUT2D eigenvalue weighted by molar-refractivity contribution is -0.870. The van der Waals surface area contributed by atoms with E-state index in [0.717, 1.165) is 89.9 Å². The summed E-state index contributed by atoms with van der Waals surface area (Å²) in [7, 11) is 1.49. The van der Waals surface area contributed by atoms with Crippen molar-refractivity contribution in [2.45, 2.75) is 303 Å². The number of nitrogens with one attached hydrogen (secondary N) is 1. The van der Waals surface area contributed by atoms with Gasteiger partial charge in [-0.05, 0) is 102 Å². The Balaban J connectivity index is 5.16. The molecule has 0 radical (unpaired) electrons. The number of likely N-dealkylation sites (N-methyl/N-ethyl adjacent to an activating group) is 1. The fourth-order valence-electron chi connectivity index (χ4n) is 9.10. The van der Waals surface area contributed by atoms with Gasteiger partial charge in [-0.3, -0.25) is 18.6 Å². The van der Waals surface area contributed by atoms with Crippen LogP contribution >= 0.6 is 7.82 Å². The largest absolute Gasteiger partial charge is 0.472 e. The van der Waals surface area contributed by atoms with Crippen molar-refractivity contribution in [2.75, 3.05) is 40.9 Å². The molecule has 448 valence electrons. The number of nitrogens with zero attached hydrogens (tertiary/aromatic N) is 1. The SMILES string of the molecule is CCCCC/C=C\C/C=C\C/C=C\CCCCCCCCCCCCC(=O)NC(COP(=O)(O)OCC[N+](C)(C)C)C(/C=C\CCCCCCCCCCC)OC(=O)CCCCCCCCC/C=C\C/C=C\CCCCC. The van der Waals surface area contributed by atoms with Crippen molar-refractivity contribution in [3.8, 4) is 0 Å². The summed E-state index contributed by atoms with van der Waals surface area (Å²) in [5, 5.41) is 3.06. The lowest BCUT2D eigenvalue weighted by Crippen LogP contribution is -2.47. The molecule has 0 saturated heterocycles. The summed E-state index contributed by atoms with van der Waals surface area (Å²) in [4.78, 5) is 37.7. The fourth-order valence-corrected chi connectivity index (χ4v) is 9.83. The van der Waals surface area contributed by atoms with Crippen molar-refractivity contribution in [1.29, 1.82) is 0 Å². The minimum atomic E-state index is -4.45. The number of amides is 1. The molecule has 3 atom stereocenters. The van der Waals surface area contributed by atoms with Crippen LogP contribution in [0.2, 0.25) is 0 Å². The number of carbonyl (C=O) groups is 2. The van der Waals surface area contributed by atoms with E-state index in [1.807, 2.05) is 33.3 Å². The van der Waals surface area contributed by atoms with E-state index in [1.54, 1.807) is 0 Å². The smallest absolute Gasteiger partial charge is 0.456 e. The Labute approximate surface area is 476 Å². The minimum absolute atomic E-state index is 0.0361. The highest BCUT2D eigenvalue weighted by atomic mass is 31.2. The summed E-state index contributed by atoms with van der Waals surface area (Å²) in [6, 6.07) is -0.856. The van der Waals surface area contributed by atoms with Gasteiger partial charge in [-0.1, -0.05) is 248 Å². The Morgan fingerprint density at radius 1 is 0.455 bits per heavy atom. The van der Waals surface area contributed by atoms with E-state index in [2.05, 4.69) is 86.8 Å². The van der Waals surface area contributed by atoms with Crippen molar-refractivity contribution >= 4 is 19.7 Å². The maximum Gasteiger partial charge on any atom is 0.472 e. The number of unbranched alkanes of at least 4 members (excludes halogenated alkanes) is 32. The molecule has 0 aromatic carbocycles. The molecule has 0 aliphatic carbocycles. The van der Waals surface area contributed by atoms with Crippen LogP contribution in [0.25, 0.3) is 0 Å². The first-order chi connectivity index (χ1) is 37.4. The predicted molar refractivity (Wildman–Crippen MR) is 332 cm³/mol. The van der Waals surface area contributed by atoms with E-state index in [-0.39, 0.29) is 31.5 Å². The summed E-state index contributed by atoms with van der Waals surface area (Å²) in [6.45, 7) is 6.96. The molecule has 0 aromatic rings. The number of phosphoric ester groups is 1. The molecule has 0 aromatic heterocycles. The number of quaternary nitrogens is 1. The number of esters is 1. The summed E-state index contributed by atoms with van der Waals surface area (Å²) in [6.07, 6.45) is 73.2. The Bertz CT molecular complexity index is 1550. The highest BCUT2D eigenvalue weighted by Crippen LogP contribution is 2.43. The monoisotopic (exact) mass is 1100 g/mol. The van der Waals surface area contributed by atoms with Crippen molar-refractivity contribution < 1.29 is 37.3 Å². The lowest BCUT2D eigenvalue weighted by Gasteiger charge is -2.27. The van der Waals surface area contributed by atoms with Gasteiger partial charge in [0.2, 0.25) is 5.91 Å². The highest BCUT2D eigenvalue weighted by molar-refractivity contribution is 7.47. The topological polar surface area (TPSA) is 111 Å². The third-order valence-corrected chi connectivity index (χ3v) is 15.1. The number of hydrogen-bond acceptors (Lipinski definition) is 6. The number of allylic oxidation sites excluding steroid dienone is 11. The number of carbonyl (C=O) groups excluding carboxylic acids is 2. The molecule has 0 aliphatic heterocycles. The van der Waals surface area contributed by atoms with E-state index in [0.29, 0.717) is 17.4 Å². The fraction of sp³-hybridized carbons (Fsp3) is 0.791. The van der Waals surface area contributed by atoms with Crippen LogP contribution in [0.3, 0.4) is 0 Å². The van der Waals surface area contributed by atoms with E-state index in [1.165, 1.54) is 167 Å². The van der Waals surface area contributed by atoms with Gasteiger partial charge in [0.1, 0.15) is 19.3 Å². The van der Waals surface area contributed by atoms with Crippen molar-refractivity contribution in [2.24, 2.45) is 0 Å². The van der Waals surface area contributed by atoms with E-state index >= 15 is 0 Å². The van der Waals surface area contributed by atoms with Crippen LogP contribution in [0.15, 0.2) is 72.9 Å². The molecular formula is C67H124N2O7P+. The molecule has 0 aliphatic rings. The molecule has 0 heterocycles. The van der Waals surface area contributed by atoms with Crippen LogP contribution in [-0.4, -0.2) is 74.3 Å². The zero-order chi connectivity index (χ0) is 56.4. The zero-order valence-corrected chi connectivity index (χ0v) is 52.1. The molecule has 0 saturated carbocycles. The average Bonchev–Trinajstić information content (AvgIpc) is 3.39. The van der Waals surface area contributed by atoms with Crippen LogP contribution in [0, 0.1) is 0 Å². The van der Waals surface area contributed by atoms with Crippen LogP contribution in [0.1, 0.15) is 290 Å². The normalized spacial score (nSPS) is 14.1. The highest BCUT2D eigenvalue weighted by Gasteiger charge is 2.30. The third kappa shape index (κ3) is 57.9. The molecule has 1 amide bonds. The molecule has 0 rings (SSSR count). The summed E-state index contributed by atoms with van der Waals surface area (Å²) in [5.41, 5.74) is 0. The number of hydrogen-bond donors (Lipinski definition) is 2. The van der Waals surface area contributed by atoms with Gasteiger partial charge >= 0.3 is 13.8 Å². The second kappa shape index (κ2) is 56.7. The summed E-state index contributed by atoms with van der Waals surface area (Å²) < 4.78 is 30.7. The molecule has 3 unspecified atom stereocenters. The first-order valence-corrected chi connectivity index (χ1v) is 33.8. The van der Waals surface area contributed by atoms with E-state index in [4.69, 9.17) is 13.8 Å². The van der Waals surface area contributed by atoms with Crippen LogP contribution in [0.5, 0.6) is 0 Å². The van der Waals surface area contributed by atoms with Gasteiger partial charge in [0.15, 0.2) is 0 Å². The van der Waals surface area contributed by atoms with Crippen molar-refractivity contribution in [3.05, 3.63) is 72.9 Å². The van der Waals surface area contributed by atoms with Crippen molar-refractivity contribution in [1.82, 2.24) is 5.32 Å². The number of rotatable bonds is 58. The first kappa shape index (κ1) is 74.5. The Hall–Kier alpha value is -2.55. The molecule has 9 nitrogen and oxygen atoms in total. The number of ether oxygens (including phenoxy) is 1. The Morgan fingerprint density at radius 3 is 1.21 bits per heavy atom. The van der Waals surface area contributed by atoms with Gasteiger partial charge in [-0.25, -0.2) is 4.57 Å². The average molecular weight is 1100 g/mol. The Morgan fingerprint density at radius 2 is 0.792 bits per heavy atom. The van der Waals surface area contributed by atoms with Gasteiger partial charge in [-0.2, -0.15) is 0 Å². The minimum Gasteiger partial charge on any atom is -0.456 e. The summed E-state index contributed by atoms with van der Waals surface area (Å²) in [5.74, 6) is -0.515. The molecule has 0 bridgehead atoms. The Kier molecular flexibility index (Phi) is 54.8. The molecule has 2 N–H and O–H groups in total. The molecule has 77 heavy (non-hydrogen) atoms. The maximum atomic E-state index is 13.6. The van der Waals surface area contributed by atoms with Crippen LogP contribution in [0.4, 0.5) is 0 Å². The number of phosphoric acid groups is 1. The van der Waals surface area contributed by atoms with Gasteiger partial charge < -0.3 is 19.4 Å². The quantitative estimate of drug-likeness (QED) is 0.0205. The second-order valence-electron chi connectivity index (χ2n) is 22.9. The molecule has 0 spiro atoms. The maximum absolute atomic E-state index is 13.6. The predicted octanol–water partition coefficient (Wildman–Crippen LogP) is 20.0. The third-order valence-electron chi connectivity index (χ3n) is 14.1. The molecule has 0 fully saturated rings. The van der Waals surface area contributed by atoms with Crippen LogP contribution in [-0.2, 0) is 27.9 Å². The zero-order valence-electron chi connectivity index (χ0n) is 51.2. The van der Waals surface area contributed by atoms with Gasteiger partial charge in [0, 0.05) is 12.8 Å². The van der Waals surface area contributed by atoms with Crippen LogP contribution < -0.4 is 5.32 Å². The first-order valence-electron chi connectivity index (χ1n) is 32.3. The van der Waals surface area contributed by atoms with E-state index < -0.39 is 20.0 Å². The molecular weight excluding hydrogens is 976 g/mol. The van der Waals surface area contributed by atoms with Gasteiger partial charge in [0.25, 0.3) is 0 Å². The molecule has 10 heteroatoms. The van der Waals surface area contributed by atoms with Gasteiger partial charge in [-0.15, -0.1) is 0 Å².